The number of aromatic nitrogens is 4. The van der Waals surface area contributed by atoms with E-state index < -0.39 is 0 Å². The number of benzene rings is 2. The van der Waals surface area contributed by atoms with Gasteiger partial charge in [0.25, 0.3) is 5.91 Å². The number of carbonyl (C=O) groups is 1. The molecule has 0 spiro atoms. The molecule has 2 heterocycles. The Morgan fingerprint density at radius 1 is 1.13 bits per heavy atom. The molecular weight excluding hydrogens is 382 g/mol. The van der Waals surface area contributed by atoms with Crippen LogP contribution in [0.4, 0.5) is 0 Å². The van der Waals surface area contributed by atoms with Gasteiger partial charge in [-0.2, -0.15) is 10.1 Å². The lowest BCUT2D eigenvalue weighted by Crippen LogP contribution is -2.23. The molecule has 0 fully saturated rings. The molecule has 0 aliphatic rings. The lowest BCUT2D eigenvalue weighted by Gasteiger charge is -2.09. The summed E-state index contributed by atoms with van der Waals surface area (Å²) >= 11 is 0. The summed E-state index contributed by atoms with van der Waals surface area (Å²) in [6.45, 7) is 3.93. The summed E-state index contributed by atoms with van der Waals surface area (Å²) in [5.74, 6) is 1.60. The molecule has 1 N–H and O–H groups in total. The molecule has 0 atom stereocenters. The number of nitrogens with one attached hydrogen (secondary N) is 1. The molecule has 152 valence electrons. The molecule has 0 radical (unpaired) electrons. The molecule has 8 heteroatoms. The second-order valence-electron chi connectivity index (χ2n) is 6.75. The molecule has 4 aromatic rings. The second-order valence-corrected chi connectivity index (χ2v) is 6.75. The maximum atomic E-state index is 12.7. The number of amides is 1. The molecule has 4 rings (SSSR count). The van der Waals surface area contributed by atoms with Gasteiger partial charge in [0, 0.05) is 30.8 Å². The summed E-state index contributed by atoms with van der Waals surface area (Å²) in [6.07, 6.45) is 1.72. The van der Waals surface area contributed by atoms with Crippen molar-refractivity contribution >= 4 is 5.91 Å². The first-order chi connectivity index (χ1) is 14.5. The van der Waals surface area contributed by atoms with Gasteiger partial charge in [-0.05, 0) is 37.3 Å². The lowest BCUT2D eigenvalue weighted by atomic mass is 10.2. The van der Waals surface area contributed by atoms with Gasteiger partial charge in [-0.25, -0.2) is 4.68 Å². The van der Waals surface area contributed by atoms with E-state index in [0.717, 1.165) is 22.6 Å². The molecule has 2 aromatic carbocycles. The molecule has 30 heavy (non-hydrogen) atoms. The van der Waals surface area contributed by atoms with Crippen LogP contribution in [0.15, 0.2) is 59.3 Å². The topological polar surface area (TPSA) is 95.1 Å². The van der Waals surface area contributed by atoms with Crippen LogP contribution in [0, 0.1) is 13.8 Å². The van der Waals surface area contributed by atoms with Gasteiger partial charge in [-0.3, -0.25) is 4.79 Å². The van der Waals surface area contributed by atoms with Crippen LogP contribution in [0.5, 0.6) is 5.75 Å². The highest BCUT2D eigenvalue weighted by Gasteiger charge is 2.15. The quantitative estimate of drug-likeness (QED) is 0.530. The first-order valence-electron chi connectivity index (χ1n) is 9.42. The van der Waals surface area contributed by atoms with E-state index in [-0.39, 0.29) is 5.91 Å². The van der Waals surface area contributed by atoms with E-state index in [0.29, 0.717) is 29.5 Å². The van der Waals surface area contributed by atoms with E-state index in [1.807, 2.05) is 55.5 Å². The molecule has 0 aliphatic heterocycles. The van der Waals surface area contributed by atoms with Gasteiger partial charge in [0.2, 0.25) is 11.7 Å². The Labute approximate surface area is 173 Å². The largest absolute Gasteiger partial charge is 0.496 e. The van der Waals surface area contributed by atoms with E-state index >= 15 is 0 Å². The fraction of sp³-hybridized carbons (Fsp3) is 0.182. The molecular formula is C22H21N5O3. The number of rotatable bonds is 6. The average molecular weight is 403 g/mol. The van der Waals surface area contributed by atoms with Crippen LogP contribution in [0.3, 0.4) is 0 Å². The predicted octanol–water partition coefficient (Wildman–Crippen LogP) is 3.48. The summed E-state index contributed by atoms with van der Waals surface area (Å²) in [6, 6.07) is 15.1. The SMILES string of the molecule is COc1ccccc1CNC(=O)c1cn(-c2ccc(-c3noc(C)n3)cc2)nc1C. The Morgan fingerprint density at radius 2 is 1.90 bits per heavy atom. The molecule has 0 unspecified atom stereocenters. The molecule has 2 aromatic heterocycles. The van der Waals surface area contributed by atoms with Crippen LogP contribution in [0.2, 0.25) is 0 Å². The zero-order valence-corrected chi connectivity index (χ0v) is 16.9. The molecule has 0 saturated carbocycles. The van der Waals surface area contributed by atoms with Crippen molar-refractivity contribution in [1.29, 1.82) is 0 Å². The summed E-state index contributed by atoms with van der Waals surface area (Å²) in [5, 5.41) is 11.3. The normalized spacial score (nSPS) is 10.8. The number of hydrogen-bond acceptors (Lipinski definition) is 6. The molecule has 8 nitrogen and oxygen atoms in total. The van der Waals surface area contributed by atoms with E-state index in [9.17, 15) is 4.79 Å². The summed E-state index contributed by atoms with van der Waals surface area (Å²) < 4.78 is 12.0. The maximum absolute atomic E-state index is 12.7. The van der Waals surface area contributed by atoms with Crippen molar-refractivity contribution < 1.29 is 14.1 Å². The van der Waals surface area contributed by atoms with Crippen LogP contribution in [-0.2, 0) is 6.54 Å². The van der Waals surface area contributed by atoms with Gasteiger partial charge in [0.05, 0.1) is 24.1 Å². The van der Waals surface area contributed by atoms with Gasteiger partial charge >= 0.3 is 0 Å². The fourth-order valence-electron chi connectivity index (χ4n) is 3.11. The highest BCUT2D eigenvalue weighted by Crippen LogP contribution is 2.20. The minimum absolute atomic E-state index is 0.191. The van der Waals surface area contributed by atoms with Crippen LogP contribution >= 0.6 is 0 Å². The van der Waals surface area contributed by atoms with E-state index in [2.05, 4.69) is 20.6 Å². The average Bonchev–Trinajstić information content (AvgIpc) is 3.38. The van der Waals surface area contributed by atoms with E-state index in [1.54, 1.807) is 24.9 Å². The van der Waals surface area contributed by atoms with Gasteiger partial charge in [0.1, 0.15) is 5.75 Å². The van der Waals surface area contributed by atoms with Crippen LogP contribution < -0.4 is 10.1 Å². The third-order valence-electron chi connectivity index (χ3n) is 4.69. The van der Waals surface area contributed by atoms with E-state index in [1.165, 1.54) is 0 Å². The third kappa shape index (κ3) is 3.93. The van der Waals surface area contributed by atoms with E-state index in [4.69, 9.17) is 9.26 Å². The number of carbonyl (C=O) groups excluding carboxylic acids is 1. The number of methoxy groups -OCH3 is 1. The van der Waals surface area contributed by atoms with Crippen LogP contribution in [0.25, 0.3) is 17.1 Å². The first-order valence-corrected chi connectivity index (χ1v) is 9.42. The second kappa shape index (κ2) is 8.20. The number of para-hydroxylation sites is 1. The third-order valence-corrected chi connectivity index (χ3v) is 4.69. The van der Waals surface area contributed by atoms with Gasteiger partial charge in [-0.15, -0.1) is 0 Å². The van der Waals surface area contributed by atoms with Crippen molar-refractivity contribution in [3.8, 4) is 22.8 Å². The van der Waals surface area contributed by atoms with Crippen LogP contribution in [0.1, 0.15) is 27.5 Å². The van der Waals surface area contributed by atoms with Gasteiger partial charge in [0.15, 0.2) is 0 Å². The van der Waals surface area contributed by atoms with Crippen molar-refractivity contribution in [1.82, 2.24) is 25.2 Å². The Balaban J connectivity index is 1.49. The highest BCUT2D eigenvalue weighted by molar-refractivity contribution is 5.95. The summed E-state index contributed by atoms with van der Waals surface area (Å²) in [5.41, 5.74) is 3.74. The fourth-order valence-corrected chi connectivity index (χ4v) is 3.11. The van der Waals surface area contributed by atoms with Crippen molar-refractivity contribution in [3.05, 3.63) is 77.4 Å². The number of aryl methyl sites for hydroxylation is 2. The molecule has 0 aliphatic carbocycles. The standard InChI is InChI=1S/C22H21N5O3/c1-14-19(22(28)23-12-17-6-4-5-7-20(17)29-3)13-27(25-14)18-10-8-16(9-11-18)21-24-15(2)30-26-21/h4-11,13H,12H2,1-3H3,(H,23,28). The molecule has 0 bridgehead atoms. The number of hydrogen-bond donors (Lipinski definition) is 1. The van der Waals surface area contributed by atoms with Gasteiger partial charge < -0.3 is 14.6 Å². The summed E-state index contributed by atoms with van der Waals surface area (Å²) in [7, 11) is 1.61. The maximum Gasteiger partial charge on any atom is 0.255 e. The van der Waals surface area contributed by atoms with Crippen molar-refractivity contribution in [2.75, 3.05) is 7.11 Å². The van der Waals surface area contributed by atoms with Crippen molar-refractivity contribution in [3.63, 3.8) is 0 Å². The molecule has 0 saturated heterocycles. The molecule has 1 amide bonds. The Hall–Kier alpha value is -3.94. The number of nitrogens with zero attached hydrogens (tertiary/aromatic N) is 4. The zero-order valence-electron chi connectivity index (χ0n) is 16.9. The predicted molar refractivity (Wildman–Crippen MR) is 110 cm³/mol. The minimum Gasteiger partial charge on any atom is -0.496 e. The Kier molecular flexibility index (Phi) is 5.30. The first kappa shape index (κ1) is 19.4. The van der Waals surface area contributed by atoms with Crippen LogP contribution in [-0.4, -0.2) is 32.9 Å². The highest BCUT2D eigenvalue weighted by atomic mass is 16.5. The lowest BCUT2D eigenvalue weighted by molar-refractivity contribution is 0.0950. The summed E-state index contributed by atoms with van der Waals surface area (Å²) in [4.78, 5) is 16.9. The monoisotopic (exact) mass is 403 g/mol. The smallest absolute Gasteiger partial charge is 0.255 e. The Morgan fingerprint density at radius 3 is 2.60 bits per heavy atom. The van der Waals surface area contributed by atoms with Gasteiger partial charge in [-0.1, -0.05) is 23.4 Å². The number of ether oxygens (including phenoxy) is 1. The zero-order chi connectivity index (χ0) is 21.1. The minimum atomic E-state index is -0.191. The van der Waals surface area contributed by atoms with Crippen molar-refractivity contribution in [2.24, 2.45) is 0 Å². The van der Waals surface area contributed by atoms with Crippen molar-refractivity contribution in [2.45, 2.75) is 20.4 Å². The Bertz CT molecular complexity index is 1180.